The van der Waals surface area contributed by atoms with E-state index in [9.17, 15) is 0 Å². The van der Waals surface area contributed by atoms with Gasteiger partial charge in [0.05, 0.1) is 0 Å². The van der Waals surface area contributed by atoms with E-state index in [1.807, 2.05) is 13.0 Å². The molecule has 0 radical (unpaired) electrons. The highest BCUT2D eigenvalue weighted by Crippen LogP contribution is 2.30. The minimum Gasteiger partial charge on any atom is -0.402 e. The van der Waals surface area contributed by atoms with Crippen LogP contribution in [-0.2, 0) is 0 Å². The molecule has 0 bridgehead atoms. The molecule has 3 N–H and O–H groups in total. The SMILES string of the molecule is C/C=C(\N)CCNCC/C(CC)=C(/c1ccccc1)c1ccc(C)cc1. The number of hydrogen-bond donors (Lipinski definition) is 2. The number of nitrogens with two attached hydrogens (primary N) is 1. The van der Waals surface area contributed by atoms with Gasteiger partial charge >= 0.3 is 0 Å². The van der Waals surface area contributed by atoms with E-state index in [1.165, 1.54) is 27.8 Å². The molecule has 0 aromatic heterocycles. The van der Waals surface area contributed by atoms with E-state index in [4.69, 9.17) is 5.73 Å². The third-order valence-corrected chi connectivity index (χ3v) is 4.75. The van der Waals surface area contributed by atoms with Gasteiger partial charge in [0.25, 0.3) is 0 Å². The summed E-state index contributed by atoms with van der Waals surface area (Å²) in [5.74, 6) is 0. The highest BCUT2D eigenvalue weighted by atomic mass is 14.8. The normalized spacial score (nSPS) is 12.8. The molecular formula is C24H32N2. The second kappa shape index (κ2) is 10.6. The van der Waals surface area contributed by atoms with Crippen molar-refractivity contribution < 1.29 is 0 Å². The molecule has 2 nitrogen and oxygen atoms in total. The van der Waals surface area contributed by atoms with E-state index in [0.717, 1.165) is 38.0 Å². The summed E-state index contributed by atoms with van der Waals surface area (Å²) in [5.41, 5.74) is 13.6. The molecule has 2 rings (SSSR count). The summed E-state index contributed by atoms with van der Waals surface area (Å²) < 4.78 is 0. The molecule has 0 amide bonds. The lowest BCUT2D eigenvalue weighted by Gasteiger charge is -2.16. The molecule has 2 aromatic carbocycles. The Hall–Kier alpha value is -2.32. The largest absolute Gasteiger partial charge is 0.402 e. The van der Waals surface area contributed by atoms with Crippen molar-refractivity contribution in [1.82, 2.24) is 5.32 Å². The Balaban J connectivity index is 2.21. The molecule has 0 aliphatic heterocycles. The molecule has 0 heterocycles. The Morgan fingerprint density at radius 2 is 1.54 bits per heavy atom. The van der Waals surface area contributed by atoms with Gasteiger partial charge < -0.3 is 11.1 Å². The predicted octanol–water partition coefficient (Wildman–Crippen LogP) is 5.44. The highest BCUT2D eigenvalue weighted by Gasteiger charge is 2.10. The number of hydrogen-bond acceptors (Lipinski definition) is 2. The number of benzene rings is 2. The Labute approximate surface area is 158 Å². The van der Waals surface area contributed by atoms with Crippen LogP contribution in [-0.4, -0.2) is 13.1 Å². The predicted molar refractivity (Wildman–Crippen MR) is 114 cm³/mol. The number of allylic oxidation sites excluding steroid dienone is 1. The maximum atomic E-state index is 5.87. The first-order valence-electron chi connectivity index (χ1n) is 9.61. The van der Waals surface area contributed by atoms with Gasteiger partial charge in [0, 0.05) is 12.2 Å². The van der Waals surface area contributed by atoms with Gasteiger partial charge in [-0.05, 0) is 56.4 Å². The first kappa shape index (κ1) is 20.0. The average Bonchev–Trinajstić information content (AvgIpc) is 2.68. The van der Waals surface area contributed by atoms with E-state index >= 15 is 0 Å². The van der Waals surface area contributed by atoms with Crippen LogP contribution in [0.4, 0.5) is 0 Å². The van der Waals surface area contributed by atoms with Crippen molar-refractivity contribution in [2.75, 3.05) is 13.1 Å². The Morgan fingerprint density at radius 3 is 2.15 bits per heavy atom. The highest BCUT2D eigenvalue weighted by molar-refractivity contribution is 5.82. The van der Waals surface area contributed by atoms with Crippen molar-refractivity contribution in [3.05, 3.63) is 88.6 Å². The van der Waals surface area contributed by atoms with Crippen molar-refractivity contribution >= 4 is 5.57 Å². The van der Waals surface area contributed by atoms with Crippen LogP contribution in [0.3, 0.4) is 0 Å². The molecule has 26 heavy (non-hydrogen) atoms. The van der Waals surface area contributed by atoms with Crippen molar-refractivity contribution in [2.45, 2.75) is 40.0 Å². The minimum absolute atomic E-state index is 0.908. The Morgan fingerprint density at radius 1 is 0.923 bits per heavy atom. The van der Waals surface area contributed by atoms with Crippen LogP contribution >= 0.6 is 0 Å². The molecule has 0 aliphatic carbocycles. The van der Waals surface area contributed by atoms with Crippen LogP contribution in [0, 0.1) is 6.92 Å². The fourth-order valence-electron chi connectivity index (χ4n) is 3.12. The molecule has 0 unspecified atom stereocenters. The van der Waals surface area contributed by atoms with E-state index in [0.29, 0.717) is 0 Å². The van der Waals surface area contributed by atoms with Gasteiger partial charge in [0.15, 0.2) is 0 Å². The lowest BCUT2D eigenvalue weighted by molar-refractivity contribution is 0.668. The third kappa shape index (κ3) is 5.89. The molecule has 0 fully saturated rings. The first-order valence-corrected chi connectivity index (χ1v) is 9.61. The number of nitrogens with one attached hydrogen (secondary N) is 1. The molecule has 2 aromatic rings. The topological polar surface area (TPSA) is 38.0 Å². The van der Waals surface area contributed by atoms with Crippen LogP contribution in [0.5, 0.6) is 0 Å². The quantitative estimate of drug-likeness (QED) is 0.592. The maximum Gasteiger partial charge on any atom is 0.00499 e. The standard InChI is InChI=1S/C24H32N2/c1-4-20(15-17-26-18-16-23(25)5-2)24(21-9-7-6-8-10-21)22-13-11-19(3)12-14-22/h5-14,26H,4,15-18,25H2,1-3H3/b23-5-,24-20-. The van der Waals surface area contributed by atoms with Gasteiger partial charge in [-0.3, -0.25) is 0 Å². The van der Waals surface area contributed by atoms with Crippen LogP contribution in [0.2, 0.25) is 0 Å². The molecule has 2 heteroatoms. The lowest BCUT2D eigenvalue weighted by atomic mass is 9.90. The van der Waals surface area contributed by atoms with E-state index in [1.54, 1.807) is 0 Å². The van der Waals surface area contributed by atoms with Crippen molar-refractivity contribution in [3.8, 4) is 0 Å². The van der Waals surface area contributed by atoms with Crippen molar-refractivity contribution in [1.29, 1.82) is 0 Å². The fraction of sp³-hybridized carbons (Fsp3) is 0.333. The van der Waals surface area contributed by atoms with Gasteiger partial charge in [-0.1, -0.05) is 78.7 Å². The summed E-state index contributed by atoms with van der Waals surface area (Å²) >= 11 is 0. The zero-order valence-electron chi connectivity index (χ0n) is 16.4. The van der Waals surface area contributed by atoms with E-state index in [2.05, 4.69) is 73.8 Å². The third-order valence-electron chi connectivity index (χ3n) is 4.75. The molecule has 0 saturated heterocycles. The number of rotatable bonds is 9. The van der Waals surface area contributed by atoms with Crippen LogP contribution in [0.15, 0.2) is 71.9 Å². The van der Waals surface area contributed by atoms with Gasteiger partial charge in [0.2, 0.25) is 0 Å². The molecule has 0 aliphatic rings. The van der Waals surface area contributed by atoms with Gasteiger partial charge in [0.1, 0.15) is 0 Å². The van der Waals surface area contributed by atoms with Crippen LogP contribution < -0.4 is 11.1 Å². The van der Waals surface area contributed by atoms with Gasteiger partial charge in [-0.25, -0.2) is 0 Å². The Kier molecular flexibility index (Phi) is 8.17. The summed E-state index contributed by atoms with van der Waals surface area (Å²) in [6, 6.07) is 19.6. The fourth-order valence-corrected chi connectivity index (χ4v) is 3.12. The van der Waals surface area contributed by atoms with Crippen LogP contribution in [0.25, 0.3) is 5.57 Å². The minimum atomic E-state index is 0.908. The molecule has 0 atom stereocenters. The average molecular weight is 349 g/mol. The zero-order chi connectivity index (χ0) is 18.8. The second-order valence-corrected chi connectivity index (χ2v) is 6.68. The van der Waals surface area contributed by atoms with Gasteiger partial charge in [-0.15, -0.1) is 0 Å². The maximum absolute atomic E-state index is 5.87. The summed E-state index contributed by atoms with van der Waals surface area (Å²) in [6.45, 7) is 8.28. The van der Waals surface area contributed by atoms with Crippen molar-refractivity contribution in [3.63, 3.8) is 0 Å². The second-order valence-electron chi connectivity index (χ2n) is 6.68. The molecule has 138 valence electrons. The molecule has 0 saturated carbocycles. The summed E-state index contributed by atoms with van der Waals surface area (Å²) in [7, 11) is 0. The summed E-state index contributed by atoms with van der Waals surface area (Å²) in [6.07, 6.45) is 4.98. The van der Waals surface area contributed by atoms with E-state index < -0.39 is 0 Å². The van der Waals surface area contributed by atoms with Gasteiger partial charge in [-0.2, -0.15) is 0 Å². The summed E-state index contributed by atoms with van der Waals surface area (Å²) in [5, 5.41) is 3.53. The first-order chi connectivity index (χ1) is 12.7. The summed E-state index contributed by atoms with van der Waals surface area (Å²) in [4.78, 5) is 0. The molecule has 0 spiro atoms. The molecular weight excluding hydrogens is 316 g/mol. The van der Waals surface area contributed by atoms with Crippen LogP contribution in [0.1, 0.15) is 49.8 Å². The smallest absolute Gasteiger partial charge is 0.00499 e. The monoisotopic (exact) mass is 348 g/mol. The van der Waals surface area contributed by atoms with Crippen molar-refractivity contribution in [2.24, 2.45) is 5.73 Å². The zero-order valence-corrected chi connectivity index (χ0v) is 16.4. The van der Waals surface area contributed by atoms with E-state index in [-0.39, 0.29) is 0 Å². The number of aryl methyl sites for hydroxylation is 1. The Bertz CT molecular complexity index is 725. The lowest BCUT2D eigenvalue weighted by Crippen LogP contribution is -2.19.